The van der Waals surface area contributed by atoms with Crippen molar-refractivity contribution in [3.63, 3.8) is 0 Å². The topological polar surface area (TPSA) is 91.3 Å². The van der Waals surface area contributed by atoms with Crippen molar-refractivity contribution in [2.75, 3.05) is 7.05 Å². The van der Waals surface area contributed by atoms with Gasteiger partial charge in [-0.25, -0.2) is 4.98 Å². The van der Waals surface area contributed by atoms with Gasteiger partial charge in [-0.3, -0.25) is 9.59 Å². The zero-order valence-corrected chi connectivity index (χ0v) is 14.2. The summed E-state index contributed by atoms with van der Waals surface area (Å²) in [6.45, 7) is 1.89. The lowest BCUT2D eigenvalue weighted by atomic mass is 9.99. The van der Waals surface area contributed by atoms with Crippen LogP contribution >= 0.6 is 0 Å². The highest BCUT2D eigenvalue weighted by Crippen LogP contribution is 2.25. The molecule has 1 aromatic heterocycles. The van der Waals surface area contributed by atoms with Crippen LogP contribution < -0.4 is 10.6 Å². The van der Waals surface area contributed by atoms with E-state index in [1.165, 1.54) is 13.1 Å². The van der Waals surface area contributed by atoms with E-state index >= 15 is 0 Å². The van der Waals surface area contributed by atoms with Crippen LogP contribution in [-0.4, -0.2) is 35.0 Å². The van der Waals surface area contributed by atoms with Crippen LogP contribution in [0.1, 0.15) is 56.6 Å². The van der Waals surface area contributed by atoms with Crippen molar-refractivity contribution in [2.24, 2.45) is 0 Å². The molecule has 0 aliphatic heterocycles. The van der Waals surface area contributed by atoms with Crippen molar-refractivity contribution in [1.82, 2.24) is 15.6 Å². The summed E-state index contributed by atoms with van der Waals surface area (Å²) >= 11 is 0. The summed E-state index contributed by atoms with van der Waals surface area (Å²) in [7, 11) is 1.50. The fourth-order valence-electron chi connectivity index (χ4n) is 2.62. The minimum atomic E-state index is -1.02. The summed E-state index contributed by atoms with van der Waals surface area (Å²) in [6.07, 6.45) is 0.925. The molecule has 6 heteroatoms. The molecule has 3 N–H and O–H groups in total. The van der Waals surface area contributed by atoms with Crippen molar-refractivity contribution < 1.29 is 14.7 Å². The van der Waals surface area contributed by atoms with Crippen molar-refractivity contribution in [2.45, 2.75) is 31.9 Å². The number of nitrogens with one attached hydrogen (secondary N) is 2. The van der Waals surface area contributed by atoms with E-state index in [2.05, 4.69) is 15.6 Å². The van der Waals surface area contributed by atoms with Gasteiger partial charge < -0.3 is 15.7 Å². The first kappa shape index (κ1) is 17.1. The van der Waals surface area contributed by atoms with Gasteiger partial charge in [-0.15, -0.1) is 0 Å². The summed E-state index contributed by atoms with van der Waals surface area (Å²) in [5, 5.41) is 16.1. The van der Waals surface area contributed by atoms with Crippen LogP contribution in [-0.2, 0) is 0 Å². The monoisotopic (exact) mass is 339 g/mol. The second-order valence-electron chi connectivity index (χ2n) is 6.25. The summed E-state index contributed by atoms with van der Waals surface area (Å²) in [6, 6.07) is 10.6. The molecule has 1 fully saturated rings. The van der Waals surface area contributed by atoms with E-state index in [0.717, 1.165) is 18.4 Å². The van der Waals surface area contributed by atoms with E-state index in [0.29, 0.717) is 11.1 Å². The molecule has 3 rings (SSSR count). The molecule has 6 nitrogen and oxygen atoms in total. The van der Waals surface area contributed by atoms with Gasteiger partial charge in [0.15, 0.2) is 0 Å². The number of aliphatic hydroxyl groups excluding tert-OH is 1. The molecule has 0 spiro atoms. The van der Waals surface area contributed by atoms with Crippen LogP contribution in [0.25, 0.3) is 0 Å². The summed E-state index contributed by atoms with van der Waals surface area (Å²) in [5.74, 6) is -0.660. The highest BCUT2D eigenvalue weighted by Gasteiger charge is 2.25. The third kappa shape index (κ3) is 3.85. The number of carbonyl (C=O) groups is 2. The van der Waals surface area contributed by atoms with E-state index in [1.807, 2.05) is 25.1 Å². The number of hydrogen-bond acceptors (Lipinski definition) is 4. The molecule has 1 aliphatic rings. The van der Waals surface area contributed by atoms with E-state index in [9.17, 15) is 14.7 Å². The zero-order chi connectivity index (χ0) is 18.0. The Labute approximate surface area is 146 Å². The van der Waals surface area contributed by atoms with Gasteiger partial charge in [-0.1, -0.05) is 24.3 Å². The van der Waals surface area contributed by atoms with E-state index < -0.39 is 12.0 Å². The quantitative estimate of drug-likeness (QED) is 0.773. The Bertz CT molecular complexity index is 815. The summed E-state index contributed by atoms with van der Waals surface area (Å²) < 4.78 is 0. The standard InChI is InChI=1S/C19H21N3O3/c1-11-5-3-4-6-14(11)17(23)15-9-12(18(24)21-13-7-8-13)10-16(22-15)19(25)20-2/h3-6,9-10,13,17,23H,7-8H2,1-2H3,(H,20,25)(H,21,24). The molecule has 1 aliphatic carbocycles. The lowest BCUT2D eigenvalue weighted by Gasteiger charge is -2.15. The molecule has 2 amide bonds. The number of hydrogen-bond donors (Lipinski definition) is 3. The molecule has 1 saturated carbocycles. The Hall–Kier alpha value is -2.73. The van der Waals surface area contributed by atoms with E-state index in [4.69, 9.17) is 0 Å². The van der Waals surface area contributed by atoms with E-state index in [1.54, 1.807) is 12.1 Å². The van der Waals surface area contributed by atoms with Gasteiger partial charge in [0.25, 0.3) is 11.8 Å². The number of carbonyl (C=O) groups excluding carboxylic acids is 2. The molecule has 1 atom stereocenters. The molecule has 1 aromatic carbocycles. The van der Waals surface area contributed by atoms with Gasteiger partial charge in [-0.2, -0.15) is 0 Å². The number of aromatic nitrogens is 1. The average Bonchev–Trinajstić information content (AvgIpc) is 3.44. The van der Waals surface area contributed by atoms with Gasteiger partial charge in [0.2, 0.25) is 0 Å². The first-order valence-electron chi connectivity index (χ1n) is 8.28. The molecule has 0 bridgehead atoms. The van der Waals surface area contributed by atoms with Gasteiger partial charge in [0, 0.05) is 18.7 Å². The first-order chi connectivity index (χ1) is 12.0. The van der Waals surface area contributed by atoms with Crippen molar-refractivity contribution in [3.8, 4) is 0 Å². The predicted octanol–water partition coefficient (Wildman–Crippen LogP) is 1.72. The van der Waals surface area contributed by atoms with Crippen molar-refractivity contribution >= 4 is 11.8 Å². The molecule has 25 heavy (non-hydrogen) atoms. The molecule has 0 radical (unpaired) electrons. The van der Waals surface area contributed by atoms with E-state index in [-0.39, 0.29) is 23.3 Å². The van der Waals surface area contributed by atoms with Crippen LogP contribution in [0.5, 0.6) is 0 Å². The molecule has 0 saturated heterocycles. The van der Waals surface area contributed by atoms with Gasteiger partial charge >= 0.3 is 0 Å². The Kier molecular flexibility index (Phi) is 4.81. The predicted molar refractivity (Wildman–Crippen MR) is 93.4 cm³/mol. The second-order valence-corrected chi connectivity index (χ2v) is 6.25. The normalized spacial score (nSPS) is 14.7. The number of amides is 2. The highest BCUT2D eigenvalue weighted by molar-refractivity contribution is 5.98. The van der Waals surface area contributed by atoms with Gasteiger partial charge in [-0.05, 0) is 43.0 Å². The third-order valence-electron chi connectivity index (χ3n) is 4.24. The number of aryl methyl sites for hydroxylation is 1. The molecule has 1 unspecified atom stereocenters. The molecular weight excluding hydrogens is 318 g/mol. The van der Waals surface area contributed by atoms with Gasteiger partial charge in [0.05, 0.1) is 5.69 Å². The Morgan fingerprint density at radius 2 is 1.92 bits per heavy atom. The number of aliphatic hydroxyl groups is 1. The number of benzene rings is 1. The first-order valence-corrected chi connectivity index (χ1v) is 8.28. The Morgan fingerprint density at radius 3 is 2.56 bits per heavy atom. The molecule has 2 aromatic rings. The fraction of sp³-hybridized carbons (Fsp3) is 0.316. The Balaban J connectivity index is 2.00. The molecular formula is C19H21N3O3. The zero-order valence-electron chi connectivity index (χ0n) is 14.2. The highest BCUT2D eigenvalue weighted by atomic mass is 16.3. The summed E-state index contributed by atoms with van der Waals surface area (Å²) in [4.78, 5) is 28.7. The van der Waals surface area contributed by atoms with Crippen LogP contribution in [0.4, 0.5) is 0 Å². The maximum absolute atomic E-state index is 12.4. The Morgan fingerprint density at radius 1 is 1.20 bits per heavy atom. The van der Waals surface area contributed by atoms with Gasteiger partial charge in [0.1, 0.15) is 11.8 Å². The lowest BCUT2D eigenvalue weighted by molar-refractivity contribution is 0.0950. The summed E-state index contributed by atoms with van der Waals surface area (Å²) in [5.41, 5.74) is 2.30. The van der Waals surface area contributed by atoms with Crippen LogP contribution in [0.2, 0.25) is 0 Å². The largest absolute Gasteiger partial charge is 0.382 e. The number of nitrogens with zero attached hydrogens (tertiary/aromatic N) is 1. The third-order valence-corrected chi connectivity index (χ3v) is 4.24. The number of rotatable bonds is 5. The minimum absolute atomic E-state index is 0.105. The van der Waals surface area contributed by atoms with Crippen LogP contribution in [0.15, 0.2) is 36.4 Å². The van der Waals surface area contributed by atoms with Crippen LogP contribution in [0.3, 0.4) is 0 Å². The maximum atomic E-state index is 12.4. The fourth-order valence-corrected chi connectivity index (χ4v) is 2.62. The van der Waals surface area contributed by atoms with Crippen LogP contribution in [0, 0.1) is 6.92 Å². The SMILES string of the molecule is CNC(=O)c1cc(C(=O)NC2CC2)cc(C(O)c2ccccc2C)n1. The molecule has 1 heterocycles. The number of pyridine rings is 1. The van der Waals surface area contributed by atoms with Crippen molar-refractivity contribution in [1.29, 1.82) is 0 Å². The second kappa shape index (κ2) is 7.03. The minimum Gasteiger partial charge on any atom is -0.382 e. The molecule has 130 valence electrons. The lowest BCUT2D eigenvalue weighted by Crippen LogP contribution is -2.27. The smallest absolute Gasteiger partial charge is 0.269 e. The maximum Gasteiger partial charge on any atom is 0.269 e. The average molecular weight is 339 g/mol. The van der Waals surface area contributed by atoms with Crippen molar-refractivity contribution in [3.05, 3.63) is 64.5 Å².